The summed E-state index contributed by atoms with van der Waals surface area (Å²) in [7, 11) is 0. The Hall–Kier alpha value is -3.13. The van der Waals surface area contributed by atoms with Gasteiger partial charge in [-0.25, -0.2) is 4.68 Å². The fourth-order valence-corrected chi connectivity index (χ4v) is 2.45. The quantitative estimate of drug-likeness (QED) is 0.571. The van der Waals surface area contributed by atoms with Crippen LogP contribution in [0.3, 0.4) is 0 Å². The highest BCUT2D eigenvalue weighted by Gasteiger charge is 2.11. The number of nitriles is 1. The van der Waals surface area contributed by atoms with Crippen molar-refractivity contribution in [2.45, 2.75) is 0 Å². The van der Waals surface area contributed by atoms with Crippen molar-refractivity contribution in [3.05, 3.63) is 54.2 Å². The van der Waals surface area contributed by atoms with E-state index in [-0.39, 0.29) is 0 Å². The van der Waals surface area contributed by atoms with Gasteiger partial charge in [0.2, 0.25) is 0 Å². The molecular formula is C15H9N5. The van der Waals surface area contributed by atoms with Gasteiger partial charge < -0.3 is 4.98 Å². The number of hydrogen-bond donors (Lipinski definition) is 1. The van der Waals surface area contributed by atoms with Crippen LogP contribution in [0, 0.1) is 11.3 Å². The maximum absolute atomic E-state index is 9.11. The first-order chi connectivity index (χ1) is 9.88. The third kappa shape index (κ3) is 1.36. The standard InChI is InChI=1S/C15H9N5/c16-8-10-9-17-15-11(10)4-3-7-14(15)20-13-6-2-1-5-12(13)18-19-20/h1-7,9,17H. The summed E-state index contributed by atoms with van der Waals surface area (Å²) in [6, 6.07) is 15.8. The Labute approximate surface area is 114 Å². The van der Waals surface area contributed by atoms with Gasteiger partial charge in [-0.05, 0) is 18.2 Å². The molecule has 5 nitrogen and oxygen atoms in total. The Kier molecular flexibility index (Phi) is 2.12. The number of aromatic nitrogens is 4. The second-order valence-corrected chi connectivity index (χ2v) is 4.50. The molecular weight excluding hydrogens is 250 g/mol. The Morgan fingerprint density at radius 2 is 2.00 bits per heavy atom. The lowest BCUT2D eigenvalue weighted by molar-refractivity contribution is 0.827. The van der Waals surface area contributed by atoms with Crippen LogP contribution in [-0.2, 0) is 0 Å². The van der Waals surface area contributed by atoms with Gasteiger partial charge in [0, 0.05) is 11.6 Å². The van der Waals surface area contributed by atoms with E-state index in [0.29, 0.717) is 5.56 Å². The van der Waals surface area contributed by atoms with Crippen molar-refractivity contribution in [2.24, 2.45) is 0 Å². The number of nitrogens with one attached hydrogen (secondary N) is 1. The molecule has 0 atom stereocenters. The van der Waals surface area contributed by atoms with E-state index in [9.17, 15) is 0 Å². The lowest BCUT2D eigenvalue weighted by Gasteiger charge is -2.03. The van der Waals surface area contributed by atoms with Crippen molar-refractivity contribution in [2.75, 3.05) is 0 Å². The molecule has 0 aliphatic rings. The third-order valence-electron chi connectivity index (χ3n) is 3.39. The molecule has 0 bridgehead atoms. The SMILES string of the molecule is N#Cc1c[nH]c2c(-n3nnc4ccccc43)cccc12. The fraction of sp³-hybridized carbons (Fsp3) is 0. The van der Waals surface area contributed by atoms with Crippen molar-refractivity contribution in [3.8, 4) is 11.8 Å². The number of hydrogen-bond acceptors (Lipinski definition) is 3. The van der Waals surface area contributed by atoms with Gasteiger partial charge in [-0.15, -0.1) is 5.10 Å². The largest absolute Gasteiger partial charge is 0.358 e. The molecule has 0 unspecified atom stereocenters. The minimum Gasteiger partial charge on any atom is -0.358 e. The summed E-state index contributed by atoms with van der Waals surface area (Å²) in [6.07, 6.45) is 1.72. The van der Waals surface area contributed by atoms with E-state index in [2.05, 4.69) is 21.4 Å². The molecule has 94 valence electrons. The van der Waals surface area contributed by atoms with Gasteiger partial charge in [0.15, 0.2) is 0 Å². The highest BCUT2D eigenvalue weighted by molar-refractivity contribution is 5.93. The Balaban J connectivity index is 2.08. The first-order valence-corrected chi connectivity index (χ1v) is 6.19. The number of rotatable bonds is 1. The molecule has 4 rings (SSSR count). The summed E-state index contributed by atoms with van der Waals surface area (Å²) in [5.41, 5.74) is 4.19. The van der Waals surface area contributed by atoms with Gasteiger partial charge >= 0.3 is 0 Å². The molecule has 0 fully saturated rings. The Morgan fingerprint density at radius 1 is 1.10 bits per heavy atom. The van der Waals surface area contributed by atoms with Crippen LogP contribution in [0.5, 0.6) is 0 Å². The first-order valence-electron chi connectivity index (χ1n) is 6.19. The number of para-hydroxylation sites is 2. The van der Waals surface area contributed by atoms with Gasteiger partial charge in [0.25, 0.3) is 0 Å². The lowest BCUT2D eigenvalue weighted by Crippen LogP contribution is -1.97. The number of nitrogens with zero attached hydrogens (tertiary/aromatic N) is 4. The summed E-state index contributed by atoms with van der Waals surface area (Å²) in [5.74, 6) is 0. The molecule has 20 heavy (non-hydrogen) atoms. The van der Waals surface area contributed by atoms with Crippen LogP contribution in [-0.4, -0.2) is 20.0 Å². The van der Waals surface area contributed by atoms with E-state index >= 15 is 0 Å². The predicted molar refractivity (Wildman–Crippen MR) is 75.4 cm³/mol. The van der Waals surface area contributed by atoms with Crippen molar-refractivity contribution in [1.29, 1.82) is 5.26 Å². The van der Waals surface area contributed by atoms with Crippen LogP contribution in [0.1, 0.15) is 5.56 Å². The van der Waals surface area contributed by atoms with E-state index in [1.807, 2.05) is 42.5 Å². The maximum atomic E-state index is 9.11. The topological polar surface area (TPSA) is 70.3 Å². The smallest absolute Gasteiger partial charge is 0.113 e. The third-order valence-corrected chi connectivity index (χ3v) is 3.39. The van der Waals surface area contributed by atoms with Crippen molar-refractivity contribution < 1.29 is 0 Å². The first kappa shape index (κ1) is 10.8. The highest BCUT2D eigenvalue weighted by Crippen LogP contribution is 2.25. The van der Waals surface area contributed by atoms with E-state index in [1.165, 1.54) is 0 Å². The van der Waals surface area contributed by atoms with Crippen LogP contribution in [0.2, 0.25) is 0 Å². The van der Waals surface area contributed by atoms with Crippen LogP contribution in [0.15, 0.2) is 48.7 Å². The molecule has 2 aromatic carbocycles. The molecule has 5 heteroatoms. The summed E-state index contributed by atoms with van der Waals surface area (Å²) in [5, 5.41) is 18.4. The highest BCUT2D eigenvalue weighted by atomic mass is 15.4. The van der Waals surface area contributed by atoms with Gasteiger partial charge in [0.05, 0.1) is 22.3 Å². The molecule has 0 amide bonds. The summed E-state index contributed by atoms with van der Waals surface area (Å²) >= 11 is 0. The molecule has 2 heterocycles. The van der Waals surface area contributed by atoms with Gasteiger partial charge in [0.1, 0.15) is 11.6 Å². The molecule has 4 aromatic rings. The average Bonchev–Trinajstić information content (AvgIpc) is 3.10. The molecule has 0 radical (unpaired) electrons. The average molecular weight is 259 g/mol. The maximum Gasteiger partial charge on any atom is 0.113 e. The molecule has 0 spiro atoms. The van der Waals surface area contributed by atoms with Gasteiger partial charge in [-0.3, -0.25) is 0 Å². The molecule has 0 saturated heterocycles. The zero-order chi connectivity index (χ0) is 13.5. The minimum atomic E-state index is 0.631. The molecule has 0 saturated carbocycles. The monoisotopic (exact) mass is 259 g/mol. The summed E-state index contributed by atoms with van der Waals surface area (Å²) in [4.78, 5) is 3.15. The Bertz CT molecular complexity index is 971. The van der Waals surface area contributed by atoms with Crippen LogP contribution >= 0.6 is 0 Å². The van der Waals surface area contributed by atoms with Crippen molar-refractivity contribution >= 4 is 21.9 Å². The Morgan fingerprint density at radius 3 is 2.90 bits per heavy atom. The molecule has 0 aliphatic heterocycles. The zero-order valence-electron chi connectivity index (χ0n) is 10.4. The van der Waals surface area contributed by atoms with E-state index < -0.39 is 0 Å². The molecule has 1 N–H and O–H groups in total. The van der Waals surface area contributed by atoms with Crippen LogP contribution in [0.25, 0.3) is 27.6 Å². The normalized spacial score (nSPS) is 10.9. The van der Waals surface area contributed by atoms with Crippen LogP contribution in [0.4, 0.5) is 0 Å². The van der Waals surface area contributed by atoms with Gasteiger partial charge in [-0.2, -0.15) is 5.26 Å². The van der Waals surface area contributed by atoms with E-state index in [0.717, 1.165) is 27.6 Å². The lowest BCUT2D eigenvalue weighted by atomic mass is 10.1. The number of aromatic amines is 1. The van der Waals surface area contributed by atoms with Crippen molar-refractivity contribution in [3.63, 3.8) is 0 Å². The van der Waals surface area contributed by atoms with Crippen LogP contribution < -0.4 is 0 Å². The number of fused-ring (bicyclic) bond motifs is 2. The summed E-state index contributed by atoms with van der Waals surface area (Å²) in [6.45, 7) is 0. The second kappa shape index (κ2) is 3.93. The van der Waals surface area contributed by atoms with E-state index in [4.69, 9.17) is 5.26 Å². The summed E-state index contributed by atoms with van der Waals surface area (Å²) < 4.78 is 1.79. The minimum absolute atomic E-state index is 0.631. The second-order valence-electron chi connectivity index (χ2n) is 4.50. The number of benzene rings is 2. The molecule has 0 aliphatic carbocycles. The fourth-order valence-electron chi connectivity index (χ4n) is 2.45. The predicted octanol–water partition coefficient (Wildman–Crippen LogP) is 2.77. The molecule has 2 aromatic heterocycles. The van der Waals surface area contributed by atoms with E-state index in [1.54, 1.807) is 10.9 Å². The zero-order valence-corrected chi connectivity index (χ0v) is 10.4. The number of H-pyrrole nitrogens is 1. The van der Waals surface area contributed by atoms with Gasteiger partial charge in [-0.1, -0.05) is 29.5 Å². The van der Waals surface area contributed by atoms with Crippen molar-refractivity contribution in [1.82, 2.24) is 20.0 Å².